The zero-order valence-corrected chi connectivity index (χ0v) is 17.2. The first-order valence-corrected chi connectivity index (χ1v) is 9.17. The fourth-order valence-corrected chi connectivity index (χ4v) is 3.14. The van der Waals surface area contributed by atoms with E-state index in [0.29, 0.717) is 6.54 Å². The molecule has 2 aromatic rings. The van der Waals surface area contributed by atoms with Gasteiger partial charge in [-0.2, -0.15) is 0 Å². The maximum atomic E-state index is 12.4. The van der Waals surface area contributed by atoms with Gasteiger partial charge < -0.3 is 19.7 Å². The van der Waals surface area contributed by atoms with E-state index >= 15 is 0 Å². The second kappa shape index (κ2) is 9.59. The number of likely N-dealkylation sites (N-methyl/N-ethyl adjacent to an activating group) is 1. The maximum absolute atomic E-state index is 12.4. The van der Waals surface area contributed by atoms with Crippen LogP contribution in [0.5, 0.6) is 11.5 Å². The number of carbonyl (C=O) groups is 1. The molecule has 0 heterocycles. The molecule has 0 saturated carbocycles. The molecule has 0 radical (unpaired) electrons. The fraction of sp³-hybridized carbons (Fsp3) is 0.350. The van der Waals surface area contributed by atoms with Crippen LogP contribution in [0.4, 0.5) is 0 Å². The fourth-order valence-electron chi connectivity index (χ4n) is 2.58. The highest BCUT2D eigenvalue weighted by Crippen LogP contribution is 2.27. The van der Waals surface area contributed by atoms with Crippen LogP contribution in [0.1, 0.15) is 24.1 Å². The molecule has 0 fully saturated rings. The molecule has 140 valence electrons. The van der Waals surface area contributed by atoms with E-state index in [1.54, 1.807) is 26.2 Å². The van der Waals surface area contributed by atoms with Crippen LogP contribution in [-0.2, 0) is 11.3 Å². The van der Waals surface area contributed by atoms with Crippen molar-refractivity contribution < 1.29 is 14.3 Å². The summed E-state index contributed by atoms with van der Waals surface area (Å²) in [4.78, 5) is 14.1. The predicted octanol–water partition coefficient (Wildman–Crippen LogP) is 3.78. The second-order valence-corrected chi connectivity index (χ2v) is 6.95. The van der Waals surface area contributed by atoms with E-state index in [0.717, 1.165) is 27.1 Å². The molecule has 1 amide bonds. The van der Waals surface area contributed by atoms with E-state index < -0.39 is 0 Å². The Balaban J connectivity index is 1.89. The molecule has 2 rings (SSSR count). The lowest BCUT2D eigenvalue weighted by molar-refractivity contribution is -0.129. The lowest BCUT2D eigenvalue weighted by atomic mass is 10.1. The van der Waals surface area contributed by atoms with Crippen molar-refractivity contribution in [2.24, 2.45) is 0 Å². The summed E-state index contributed by atoms with van der Waals surface area (Å²) in [5.41, 5.74) is 2.12. The largest absolute Gasteiger partial charge is 0.497 e. The Hall–Kier alpha value is -2.05. The number of hydrogen-bond acceptors (Lipinski definition) is 4. The molecule has 0 bridgehead atoms. The zero-order valence-electron chi connectivity index (χ0n) is 15.6. The standard InChI is InChI=1S/C20H25BrN2O3/c1-14(16-8-9-19(26-4)18(21)11-16)22-12-20(24)23(2)13-15-6-5-7-17(10-15)25-3/h5-11,14,22H,12-13H2,1-4H3. The quantitative estimate of drug-likeness (QED) is 0.705. The van der Waals surface area contributed by atoms with Crippen molar-refractivity contribution in [2.45, 2.75) is 19.5 Å². The summed E-state index contributed by atoms with van der Waals surface area (Å²) in [5.74, 6) is 1.61. The zero-order chi connectivity index (χ0) is 19.1. The van der Waals surface area contributed by atoms with Crippen LogP contribution in [0.2, 0.25) is 0 Å². The molecule has 6 heteroatoms. The van der Waals surface area contributed by atoms with E-state index in [-0.39, 0.29) is 18.5 Å². The first-order chi connectivity index (χ1) is 12.4. The number of ether oxygens (including phenoxy) is 2. The Bertz CT molecular complexity index is 752. The van der Waals surface area contributed by atoms with Gasteiger partial charge in [0.15, 0.2) is 0 Å². The lowest BCUT2D eigenvalue weighted by Gasteiger charge is -2.20. The summed E-state index contributed by atoms with van der Waals surface area (Å²) in [5, 5.41) is 3.28. The molecule has 1 atom stereocenters. The first kappa shape index (κ1) is 20.3. The van der Waals surface area contributed by atoms with Gasteiger partial charge in [0.25, 0.3) is 0 Å². The third-order valence-corrected chi connectivity index (χ3v) is 4.83. The predicted molar refractivity (Wildman–Crippen MR) is 107 cm³/mol. The molecule has 1 unspecified atom stereocenters. The normalized spacial score (nSPS) is 11.7. The van der Waals surface area contributed by atoms with Crippen LogP contribution in [0, 0.1) is 0 Å². The van der Waals surface area contributed by atoms with Gasteiger partial charge in [0.2, 0.25) is 5.91 Å². The van der Waals surface area contributed by atoms with Crippen molar-refractivity contribution in [3.63, 3.8) is 0 Å². The van der Waals surface area contributed by atoms with E-state index in [1.165, 1.54) is 0 Å². The lowest BCUT2D eigenvalue weighted by Crippen LogP contribution is -2.36. The third kappa shape index (κ3) is 5.47. The monoisotopic (exact) mass is 420 g/mol. The molecule has 2 aromatic carbocycles. The van der Waals surface area contributed by atoms with Crippen molar-refractivity contribution >= 4 is 21.8 Å². The second-order valence-electron chi connectivity index (χ2n) is 6.10. The van der Waals surface area contributed by atoms with Crippen LogP contribution in [0.25, 0.3) is 0 Å². The van der Waals surface area contributed by atoms with Gasteiger partial charge in [-0.3, -0.25) is 4.79 Å². The molecule has 0 saturated heterocycles. The minimum atomic E-state index is 0.0345. The van der Waals surface area contributed by atoms with Gasteiger partial charge >= 0.3 is 0 Å². The molecule has 0 spiro atoms. The van der Waals surface area contributed by atoms with Crippen LogP contribution in [0.15, 0.2) is 46.9 Å². The summed E-state index contributed by atoms with van der Waals surface area (Å²) in [6.07, 6.45) is 0. The van der Waals surface area contributed by atoms with Crippen molar-refractivity contribution in [1.29, 1.82) is 0 Å². The van der Waals surface area contributed by atoms with Crippen LogP contribution in [-0.4, -0.2) is 38.6 Å². The van der Waals surface area contributed by atoms with Gasteiger partial charge in [0, 0.05) is 19.6 Å². The number of amides is 1. The van der Waals surface area contributed by atoms with Gasteiger partial charge in [-0.1, -0.05) is 18.2 Å². The highest BCUT2D eigenvalue weighted by molar-refractivity contribution is 9.10. The summed E-state index contributed by atoms with van der Waals surface area (Å²) in [7, 11) is 5.08. The molecular weight excluding hydrogens is 396 g/mol. The average molecular weight is 421 g/mol. The molecule has 0 aliphatic rings. The smallest absolute Gasteiger partial charge is 0.236 e. The number of nitrogens with one attached hydrogen (secondary N) is 1. The number of halogens is 1. The third-order valence-electron chi connectivity index (χ3n) is 4.21. The molecule has 1 N–H and O–H groups in total. The Labute approximate surface area is 163 Å². The van der Waals surface area contributed by atoms with E-state index in [1.807, 2.05) is 49.4 Å². The Morgan fingerprint density at radius 1 is 1.19 bits per heavy atom. The number of benzene rings is 2. The Kier molecular flexibility index (Phi) is 7.48. The van der Waals surface area contributed by atoms with E-state index in [4.69, 9.17) is 9.47 Å². The van der Waals surface area contributed by atoms with Gasteiger partial charge in [0.05, 0.1) is 25.2 Å². The van der Waals surface area contributed by atoms with E-state index in [9.17, 15) is 4.79 Å². The van der Waals surface area contributed by atoms with Crippen molar-refractivity contribution in [3.8, 4) is 11.5 Å². The van der Waals surface area contributed by atoms with E-state index in [2.05, 4.69) is 21.2 Å². The number of carbonyl (C=O) groups excluding carboxylic acids is 1. The SMILES string of the molecule is COc1cccc(CN(C)C(=O)CNC(C)c2ccc(OC)c(Br)c2)c1. The Morgan fingerprint density at radius 2 is 1.96 bits per heavy atom. The summed E-state index contributed by atoms with van der Waals surface area (Å²) >= 11 is 3.49. The summed E-state index contributed by atoms with van der Waals surface area (Å²) < 4.78 is 11.4. The minimum absolute atomic E-state index is 0.0345. The molecular formula is C20H25BrN2O3. The van der Waals surface area contributed by atoms with Gasteiger partial charge in [-0.15, -0.1) is 0 Å². The van der Waals surface area contributed by atoms with Crippen molar-refractivity contribution in [2.75, 3.05) is 27.8 Å². The number of hydrogen-bond donors (Lipinski definition) is 1. The summed E-state index contributed by atoms with van der Waals surface area (Å²) in [6.45, 7) is 2.84. The maximum Gasteiger partial charge on any atom is 0.236 e. The van der Waals surface area contributed by atoms with Gasteiger partial charge in [0.1, 0.15) is 11.5 Å². The molecule has 0 aliphatic heterocycles. The molecule has 5 nitrogen and oxygen atoms in total. The van der Waals surface area contributed by atoms with Gasteiger partial charge in [-0.05, 0) is 58.2 Å². The van der Waals surface area contributed by atoms with Crippen molar-refractivity contribution in [3.05, 3.63) is 58.1 Å². The highest BCUT2D eigenvalue weighted by atomic mass is 79.9. The first-order valence-electron chi connectivity index (χ1n) is 8.38. The highest BCUT2D eigenvalue weighted by Gasteiger charge is 2.13. The van der Waals surface area contributed by atoms with Crippen LogP contribution in [0.3, 0.4) is 0 Å². The number of nitrogens with zero attached hydrogens (tertiary/aromatic N) is 1. The number of rotatable bonds is 8. The molecule has 0 aliphatic carbocycles. The van der Waals surface area contributed by atoms with Crippen LogP contribution < -0.4 is 14.8 Å². The minimum Gasteiger partial charge on any atom is -0.497 e. The Morgan fingerprint density at radius 3 is 2.62 bits per heavy atom. The molecule has 26 heavy (non-hydrogen) atoms. The van der Waals surface area contributed by atoms with Crippen molar-refractivity contribution in [1.82, 2.24) is 10.2 Å². The van der Waals surface area contributed by atoms with Gasteiger partial charge in [-0.25, -0.2) is 0 Å². The molecule has 0 aromatic heterocycles. The summed E-state index contributed by atoms with van der Waals surface area (Å²) in [6, 6.07) is 13.7. The number of methoxy groups -OCH3 is 2. The van der Waals surface area contributed by atoms with Crippen LogP contribution >= 0.6 is 15.9 Å². The topological polar surface area (TPSA) is 50.8 Å². The average Bonchev–Trinajstić information content (AvgIpc) is 2.65.